The lowest BCUT2D eigenvalue weighted by Gasteiger charge is -2.20. The van der Waals surface area contributed by atoms with Crippen molar-refractivity contribution in [3.8, 4) is 0 Å². The SMILES string of the molecule is CCCNC(Cc1cc(C)nn1CC)c1ncccc1C. The molecule has 114 valence electrons. The second-order valence-corrected chi connectivity index (χ2v) is 5.51. The number of aromatic nitrogens is 3. The van der Waals surface area contributed by atoms with Crippen LogP contribution in [-0.4, -0.2) is 21.3 Å². The van der Waals surface area contributed by atoms with E-state index < -0.39 is 0 Å². The van der Waals surface area contributed by atoms with Crippen molar-refractivity contribution in [1.29, 1.82) is 0 Å². The Morgan fingerprint density at radius 1 is 1.29 bits per heavy atom. The van der Waals surface area contributed by atoms with Crippen LogP contribution in [0, 0.1) is 13.8 Å². The van der Waals surface area contributed by atoms with Gasteiger partial charge in [0.05, 0.1) is 17.4 Å². The molecular weight excluding hydrogens is 260 g/mol. The molecule has 0 amide bonds. The van der Waals surface area contributed by atoms with Crippen LogP contribution in [0.1, 0.15) is 49.0 Å². The summed E-state index contributed by atoms with van der Waals surface area (Å²) >= 11 is 0. The molecule has 4 nitrogen and oxygen atoms in total. The topological polar surface area (TPSA) is 42.7 Å². The van der Waals surface area contributed by atoms with Crippen LogP contribution >= 0.6 is 0 Å². The predicted molar refractivity (Wildman–Crippen MR) is 86.4 cm³/mol. The molecule has 0 aromatic carbocycles. The highest BCUT2D eigenvalue weighted by atomic mass is 15.3. The molecule has 21 heavy (non-hydrogen) atoms. The molecular formula is C17H26N4. The van der Waals surface area contributed by atoms with Gasteiger partial charge in [0, 0.05) is 24.9 Å². The van der Waals surface area contributed by atoms with Gasteiger partial charge in [0.25, 0.3) is 0 Å². The first kappa shape index (κ1) is 15.7. The molecule has 2 aromatic heterocycles. The molecule has 0 spiro atoms. The zero-order chi connectivity index (χ0) is 15.2. The molecule has 4 heteroatoms. The Morgan fingerprint density at radius 3 is 2.76 bits per heavy atom. The third-order valence-electron chi connectivity index (χ3n) is 3.72. The molecule has 0 aliphatic rings. The van der Waals surface area contributed by atoms with E-state index in [4.69, 9.17) is 0 Å². The summed E-state index contributed by atoms with van der Waals surface area (Å²) in [5.74, 6) is 0. The van der Waals surface area contributed by atoms with Crippen molar-refractivity contribution in [1.82, 2.24) is 20.1 Å². The second kappa shape index (κ2) is 7.36. The molecule has 0 aliphatic carbocycles. The van der Waals surface area contributed by atoms with E-state index in [1.807, 2.05) is 12.3 Å². The standard InChI is InChI=1S/C17H26N4/c1-5-9-18-16(17-13(3)8-7-10-19-17)12-15-11-14(4)20-21(15)6-2/h7-8,10-11,16,18H,5-6,9,12H2,1-4H3. The largest absolute Gasteiger partial charge is 0.308 e. The van der Waals surface area contributed by atoms with Crippen molar-refractivity contribution in [2.45, 2.75) is 53.1 Å². The van der Waals surface area contributed by atoms with Gasteiger partial charge in [0.1, 0.15) is 0 Å². The van der Waals surface area contributed by atoms with Crippen molar-refractivity contribution in [3.63, 3.8) is 0 Å². The molecule has 2 rings (SSSR count). The molecule has 1 unspecified atom stereocenters. The van der Waals surface area contributed by atoms with E-state index in [1.54, 1.807) is 0 Å². The monoisotopic (exact) mass is 286 g/mol. The van der Waals surface area contributed by atoms with Crippen molar-refractivity contribution in [2.75, 3.05) is 6.54 Å². The normalized spacial score (nSPS) is 12.6. The average molecular weight is 286 g/mol. The second-order valence-electron chi connectivity index (χ2n) is 5.51. The van der Waals surface area contributed by atoms with Crippen LogP contribution in [0.5, 0.6) is 0 Å². The Labute approximate surface area is 127 Å². The van der Waals surface area contributed by atoms with Crippen molar-refractivity contribution >= 4 is 0 Å². The van der Waals surface area contributed by atoms with Crippen molar-refractivity contribution in [2.24, 2.45) is 0 Å². The van der Waals surface area contributed by atoms with Gasteiger partial charge in [-0.15, -0.1) is 0 Å². The lowest BCUT2D eigenvalue weighted by atomic mass is 10.0. The maximum atomic E-state index is 4.60. The van der Waals surface area contributed by atoms with E-state index in [2.05, 4.69) is 59.9 Å². The fourth-order valence-corrected chi connectivity index (χ4v) is 2.69. The number of hydrogen-bond donors (Lipinski definition) is 1. The first-order chi connectivity index (χ1) is 10.2. The molecule has 1 atom stereocenters. The molecule has 0 bridgehead atoms. The minimum atomic E-state index is 0.243. The number of aryl methyl sites for hydroxylation is 3. The minimum Gasteiger partial charge on any atom is -0.308 e. The third-order valence-corrected chi connectivity index (χ3v) is 3.72. The van der Waals surface area contributed by atoms with E-state index >= 15 is 0 Å². The van der Waals surface area contributed by atoms with E-state index in [1.165, 1.54) is 11.3 Å². The quantitative estimate of drug-likeness (QED) is 0.850. The Balaban J connectivity index is 2.26. The van der Waals surface area contributed by atoms with Crippen molar-refractivity contribution < 1.29 is 0 Å². The molecule has 0 fully saturated rings. The van der Waals surface area contributed by atoms with Crippen molar-refractivity contribution in [3.05, 3.63) is 47.0 Å². The van der Waals surface area contributed by atoms with Gasteiger partial charge in [-0.05, 0) is 51.4 Å². The lowest BCUT2D eigenvalue weighted by molar-refractivity contribution is 0.491. The van der Waals surface area contributed by atoms with Crippen LogP contribution < -0.4 is 5.32 Å². The molecule has 0 radical (unpaired) electrons. The van der Waals surface area contributed by atoms with Gasteiger partial charge in [0.2, 0.25) is 0 Å². The number of hydrogen-bond acceptors (Lipinski definition) is 3. The Kier molecular flexibility index (Phi) is 5.51. The summed E-state index contributed by atoms with van der Waals surface area (Å²) in [6, 6.07) is 6.55. The minimum absolute atomic E-state index is 0.243. The zero-order valence-electron chi connectivity index (χ0n) is 13.6. The molecule has 2 heterocycles. The molecule has 1 N–H and O–H groups in total. The van der Waals surface area contributed by atoms with E-state index in [9.17, 15) is 0 Å². The summed E-state index contributed by atoms with van der Waals surface area (Å²) in [7, 11) is 0. The highest BCUT2D eigenvalue weighted by Crippen LogP contribution is 2.20. The third kappa shape index (κ3) is 3.91. The number of rotatable bonds is 7. The van der Waals surface area contributed by atoms with Gasteiger partial charge >= 0.3 is 0 Å². The van der Waals surface area contributed by atoms with Crippen LogP contribution in [0.25, 0.3) is 0 Å². The van der Waals surface area contributed by atoms with Gasteiger partial charge < -0.3 is 5.32 Å². The van der Waals surface area contributed by atoms with Crippen LogP contribution in [0.4, 0.5) is 0 Å². The first-order valence-corrected chi connectivity index (χ1v) is 7.83. The Bertz CT molecular complexity index is 574. The number of nitrogens with zero attached hydrogens (tertiary/aromatic N) is 3. The van der Waals surface area contributed by atoms with Gasteiger partial charge in [0.15, 0.2) is 0 Å². The summed E-state index contributed by atoms with van der Waals surface area (Å²) in [5, 5.41) is 8.18. The highest BCUT2D eigenvalue weighted by molar-refractivity contribution is 5.23. The van der Waals surface area contributed by atoms with Crippen LogP contribution in [0.15, 0.2) is 24.4 Å². The van der Waals surface area contributed by atoms with E-state index in [0.717, 1.165) is 37.3 Å². The molecule has 0 saturated heterocycles. The highest BCUT2D eigenvalue weighted by Gasteiger charge is 2.17. The fourth-order valence-electron chi connectivity index (χ4n) is 2.69. The van der Waals surface area contributed by atoms with Gasteiger partial charge in [-0.3, -0.25) is 9.67 Å². The smallest absolute Gasteiger partial charge is 0.0606 e. The lowest BCUT2D eigenvalue weighted by Crippen LogP contribution is -2.26. The van der Waals surface area contributed by atoms with Gasteiger partial charge in [-0.2, -0.15) is 5.10 Å². The predicted octanol–water partition coefficient (Wildman–Crippen LogP) is 3.20. The molecule has 0 aliphatic heterocycles. The van der Waals surface area contributed by atoms with Crippen LogP contribution in [0.3, 0.4) is 0 Å². The van der Waals surface area contributed by atoms with Crippen LogP contribution in [0.2, 0.25) is 0 Å². The first-order valence-electron chi connectivity index (χ1n) is 7.83. The maximum Gasteiger partial charge on any atom is 0.0606 e. The van der Waals surface area contributed by atoms with Crippen LogP contribution in [-0.2, 0) is 13.0 Å². The summed E-state index contributed by atoms with van der Waals surface area (Å²) in [5.41, 5.74) is 4.74. The summed E-state index contributed by atoms with van der Waals surface area (Å²) in [6.45, 7) is 10.4. The summed E-state index contributed by atoms with van der Waals surface area (Å²) < 4.78 is 2.09. The Morgan fingerprint density at radius 2 is 2.10 bits per heavy atom. The zero-order valence-corrected chi connectivity index (χ0v) is 13.6. The fraction of sp³-hybridized carbons (Fsp3) is 0.529. The Hall–Kier alpha value is -1.68. The van der Waals surface area contributed by atoms with Gasteiger partial charge in [-0.25, -0.2) is 0 Å². The molecule has 0 saturated carbocycles. The number of pyridine rings is 1. The molecule has 2 aromatic rings. The maximum absolute atomic E-state index is 4.60. The number of nitrogens with one attached hydrogen (secondary N) is 1. The van der Waals surface area contributed by atoms with E-state index in [-0.39, 0.29) is 6.04 Å². The van der Waals surface area contributed by atoms with E-state index in [0.29, 0.717) is 0 Å². The summed E-state index contributed by atoms with van der Waals surface area (Å²) in [6.07, 6.45) is 3.92. The van der Waals surface area contributed by atoms with Gasteiger partial charge in [-0.1, -0.05) is 13.0 Å². The summed E-state index contributed by atoms with van der Waals surface area (Å²) in [4.78, 5) is 4.60. The average Bonchev–Trinajstić information content (AvgIpc) is 2.84.